The van der Waals surface area contributed by atoms with Crippen LogP contribution < -0.4 is 5.73 Å². The van der Waals surface area contributed by atoms with Crippen molar-refractivity contribution in [3.63, 3.8) is 0 Å². The van der Waals surface area contributed by atoms with E-state index in [1.165, 1.54) is 0 Å². The maximum absolute atomic E-state index is 9.13. The van der Waals surface area contributed by atoms with E-state index < -0.39 is 0 Å². The Labute approximate surface area is 75.6 Å². The molecule has 3 heteroatoms. The van der Waals surface area contributed by atoms with E-state index in [1.54, 1.807) is 0 Å². The van der Waals surface area contributed by atoms with Crippen molar-refractivity contribution in [1.29, 1.82) is 0 Å². The number of rotatable bonds is 5. The quantitative estimate of drug-likeness (QED) is 0.629. The van der Waals surface area contributed by atoms with E-state index in [1.807, 2.05) is 14.1 Å². The number of hydrogen-bond donors (Lipinski definition) is 2. The molecule has 0 heterocycles. The number of hydrogen-bond acceptors (Lipinski definition) is 3. The summed E-state index contributed by atoms with van der Waals surface area (Å²) in [5.41, 5.74) is 5.61. The maximum Gasteiger partial charge on any atom is 0.0488 e. The Balaban J connectivity index is 4.47. The highest BCUT2D eigenvalue weighted by Crippen LogP contribution is 2.25. The Hall–Kier alpha value is -0.120. The lowest BCUT2D eigenvalue weighted by Crippen LogP contribution is -2.51. The van der Waals surface area contributed by atoms with Crippen molar-refractivity contribution in [2.45, 2.75) is 25.8 Å². The summed E-state index contributed by atoms with van der Waals surface area (Å²) in [6.45, 7) is 4.97. The van der Waals surface area contributed by atoms with E-state index in [4.69, 9.17) is 10.8 Å². The molecule has 0 bridgehead atoms. The van der Waals surface area contributed by atoms with Crippen LogP contribution in [0, 0.1) is 5.92 Å². The Morgan fingerprint density at radius 2 is 2.00 bits per heavy atom. The smallest absolute Gasteiger partial charge is 0.0488 e. The van der Waals surface area contributed by atoms with Crippen molar-refractivity contribution in [2.75, 3.05) is 27.2 Å². The highest BCUT2D eigenvalue weighted by atomic mass is 16.3. The lowest BCUT2D eigenvalue weighted by molar-refractivity contribution is 0.0555. The summed E-state index contributed by atoms with van der Waals surface area (Å²) in [5.74, 6) is 0.164. The summed E-state index contributed by atoms with van der Waals surface area (Å²) >= 11 is 0. The van der Waals surface area contributed by atoms with Crippen LogP contribution in [0.25, 0.3) is 0 Å². The average Bonchev–Trinajstić information content (AvgIpc) is 2.05. The van der Waals surface area contributed by atoms with Gasteiger partial charge in [-0.3, -0.25) is 0 Å². The van der Waals surface area contributed by atoms with Gasteiger partial charge in [-0.05, 0) is 34.0 Å². The molecule has 0 aromatic carbocycles. The predicted octanol–water partition coefficient (Wildman–Crippen LogP) is 0.284. The van der Waals surface area contributed by atoms with Gasteiger partial charge in [0.2, 0.25) is 0 Å². The largest absolute Gasteiger partial charge is 0.396 e. The van der Waals surface area contributed by atoms with Crippen LogP contribution in [0.5, 0.6) is 0 Å². The molecule has 0 aliphatic heterocycles. The first kappa shape index (κ1) is 11.9. The first-order valence-corrected chi connectivity index (χ1v) is 4.51. The van der Waals surface area contributed by atoms with Gasteiger partial charge in [0.25, 0.3) is 0 Å². The van der Waals surface area contributed by atoms with Crippen molar-refractivity contribution < 1.29 is 5.11 Å². The van der Waals surface area contributed by atoms with Crippen LogP contribution in [-0.4, -0.2) is 42.8 Å². The van der Waals surface area contributed by atoms with E-state index in [2.05, 4.69) is 18.7 Å². The van der Waals surface area contributed by atoms with Gasteiger partial charge in [0.15, 0.2) is 0 Å². The summed E-state index contributed by atoms with van der Waals surface area (Å²) in [4.78, 5) is 2.14. The highest BCUT2D eigenvalue weighted by molar-refractivity contribution is 4.89. The second-order valence-electron chi connectivity index (χ2n) is 3.72. The van der Waals surface area contributed by atoms with Crippen LogP contribution >= 0.6 is 0 Å². The fourth-order valence-electron chi connectivity index (χ4n) is 1.50. The molecule has 0 saturated carbocycles. The summed E-state index contributed by atoms with van der Waals surface area (Å²) in [5, 5.41) is 9.13. The minimum absolute atomic E-state index is 0.0174. The Morgan fingerprint density at radius 1 is 1.50 bits per heavy atom. The van der Waals surface area contributed by atoms with E-state index in [-0.39, 0.29) is 18.1 Å². The Kier molecular flexibility index (Phi) is 4.75. The van der Waals surface area contributed by atoms with Gasteiger partial charge >= 0.3 is 0 Å². The SMILES string of the molecule is CC[C@@](C)([C@@H](CN)CO)N(C)C. The van der Waals surface area contributed by atoms with Crippen LogP contribution in [-0.2, 0) is 0 Å². The van der Waals surface area contributed by atoms with Gasteiger partial charge in [0.1, 0.15) is 0 Å². The van der Waals surface area contributed by atoms with Crippen LogP contribution in [0.2, 0.25) is 0 Å². The average molecular weight is 174 g/mol. The predicted molar refractivity (Wildman–Crippen MR) is 52.0 cm³/mol. The molecule has 0 amide bonds. The molecule has 0 aromatic rings. The molecule has 0 aliphatic carbocycles. The number of nitrogens with zero attached hydrogens (tertiary/aromatic N) is 1. The molecule has 0 aromatic heterocycles. The third-order valence-electron chi connectivity index (χ3n) is 3.12. The Morgan fingerprint density at radius 3 is 2.08 bits per heavy atom. The van der Waals surface area contributed by atoms with E-state index in [0.29, 0.717) is 6.54 Å². The van der Waals surface area contributed by atoms with E-state index in [0.717, 1.165) is 6.42 Å². The topological polar surface area (TPSA) is 49.5 Å². The minimum atomic E-state index is 0.0174. The first-order valence-electron chi connectivity index (χ1n) is 4.51. The zero-order valence-electron chi connectivity index (χ0n) is 8.67. The van der Waals surface area contributed by atoms with Crippen LogP contribution in [0.4, 0.5) is 0 Å². The lowest BCUT2D eigenvalue weighted by atomic mass is 9.82. The molecule has 0 aliphatic rings. The van der Waals surface area contributed by atoms with Crippen LogP contribution in [0.1, 0.15) is 20.3 Å². The molecule has 12 heavy (non-hydrogen) atoms. The molecule has 0 unspecified atom stereocenters. The number of aliphatic hydroxyl groups is 1. The van der Waals surface area contributed by atoms with E-state index >= 15 is 0 Å². The molecule has 2 atom stereocenters. The van der Waals surface area contributed by atoms with Crippen molar-refractivity contribution in [2.24, 2.45) is 11.7 Å². The normalized spacial score (nSPS) is 19.2. The van der Waals surface area contributed by atoms with Gasteiger partial charge in [-0.15, -0.1) is 0 Å². The summed E-state index contributed by atoms with van der Waals surface area (Å²) in [7, 11) is 4.06. The minimum Gasteiger partial charge on any atom is -0.396 e. The maximum atomic E-state index is 9.13. The highest BCUT2D eigenvalue weighted by Gasteiger charge is 2.32. The summed E-state index contributed by atoms with van der Waals surface area (Å²) in [6.07, 6.45) is 1.00. The molecule has 74 valence electrons. The first-order chi connectivity index (χ1) is 5.52. The molecule has 3 nitrogen and oxygen atoms in total. The van der Waals surface area contributed by atoms with Gasteiger partial charge in [-0.25, -0.2) is 0 Å². The molecule has 0 fully saturated rings. The van der Waals surface area contributed by atoms with Crippen molar-refractivity contribution in [1.82, 2.24) is 4.90 Å². The molecule has 0 rings (SSSR count). The summed E-state index contributed by atoms with van der Waals surface area (Å²) < 4.78 is 0. The summed E-state index contributed by atoms with van der Waals surface area (Å²) in [6, 6.07) is 0. The fourth-order valence-corrected chi connectivity index (χ4v) is 1.50. The van der Waals surface area contributed by atoms with Crippen molar-refractivity contribution in [3.8, 4) is 0 Å². The number of nitrogens with two attached hydrogens (primary N) is 1. The Bertz CT molecular complexity index is 124. The molecule has 3 N–H and O–H groups in total. The molecular weight excluding hydrogens is 152 g/mol. The number of aliphatic hydroxyl groups excluding tert-OH is 1. The van der Waals surface area contributed by atoms with Crippen molar-refractivity contribution >= 4 is 0 Å². The van der Waals surface area contributed by atoms with Crippen LogP contribution in [0.3, 0.4) is 0 Å². The molecular formula is C9H22N2O. The van der Waals surface area contributed by atoms with Gasteiger partial charge < -0.3 is 15.7 Å². The zero-order chi connectivity index (χ0) is 9.78. The second-order valence-corrected chi connectivity index (χ2v) is 3.72. The lowest BCUT2D eigenvalue weighted by Gasteiger charge is -2.41. The van der Waals surface area contributed by atoms with Gasteiger partial charge in [-0.2, -0.15) is 0 Å². The zero-order valence-corrected chi connectivity index (χ0v) is 8.67. The van der Waals surface area contributed by atoms with Gasteiger partial charge in [0, 0.05) is 18.1 Å². The third-order valence-corrected chi connectivity index (χ3v) is 3.12. The standard InChI is InChI=1S/C9H22N2O/c1-5-9(2,11(3)4)8(6-10)7-12/h8,12H,5-7,10H2,1-4H3/t8-,9-/m0/s1. The fraction of sp³-hybridized carbons (Fsp3) is 1.00. The molecule has 0 radical (unpaired) electrons. The molecule has 0 saturated heterocycles. The van der Waals surface area contributed by atoms with Crippen molar-refractivity contribution in [3.05, 3.63) is 0 Å². The third kappa shape index (κ3) is 2.19. The monoisotopic (exact) mass is 174 g/mol. The van der Waals surface area contributed by atoms with Gasteiger partial charge in [0.05, 0.1) is 0 Å². The van der Waals surface area contributed by atoms with E-state index in [9.17, 15) is 0 Å². The molecule has 0 spiro atoms. The van der Waals surface area contributed by atoms with Gasteiger partial charge in [-0.1, -0.05) is 6.92 Å². The van der Waals surface area contributed by atoms with Crippen LogP contribution in [0.15, 0.2) is 0 Å². The second kappa shape index (κ2) is 4.80.